The van der Waals surface area contributed by atoms with Gasteiger partial charge in [-0.15, -0.1) is 0 Å². The maximum Gasteiger partial charge on any atom is 0.142 e. The normalized spacial score (nSPS) is 19.2. The van der Waals surface area contributed by atoms with E-state index in [2.05, 4.69) is 4.98 Å². The van der Waals surface area contributed by atoms with Crippen molar-refractivity contribution in [1.29, 1.82) is 0 Å². The fourth-order valence-corrected chi connectivity index (χ4v) is 2.20. The molecule has 0 saturated carbocycles. The van der Waals surface area contributed by atoms with Gasteiger partial charge in [0.2, 0.25) is 0 Å². The molecule has 2 N–H and O–H groups in total. The van der Waals surface area contributed by atoms with Gasteiger partial charge in [-0.3, -0.25) is 4.98 Å². The molecule has 2 aromatic rings. The Kier molecular flexibility index (Phi) is 3.02. The van der Waals surface area contributed by atoms with Crippen LogP contribution in [0, 0.1) is 5.92 Å². The lowest BCUT2D eigenvalue weighted by molar-refractivity contribution is 0.167. The van der Waals surface area contributed by atoms with Gasteiger partial charge in [-0.25, -0.2) is 0 Å². The number of pyridine rings is 1. The highest BCUT2D eigenvalue weighted by molar-refractivity contribution is 5.93. The molecule has 18 heavy (non-hydrogen) atoms. The van der Waals surface area contributed by atoms with Crippen molar-refractivity contribution >= 4 is 16.6 Å². The fourth-order valence-electron chi connectivity index (χ4n) is 2.20. The zero-order chi connectivity index (χ0) is 12.4. The van der Waals surface area contributed by atoms with Crippen LogP contribution in [0.5, 0.6) is 5.75 Å². The van der Waals surface area contributed by atoms with Crippen LogP contribution in [0.15, 0.2) is 30.5 Å². The monoisotopic (exact) mass is 244 g/mol. The summed E-state index contributed by atoms with van der Waals surface area (Å²) in [5, 5.41) is 0.942. The number of hydrogen-bond donors (Lipinski definition) is 1. The number of ether oxygens (including phenoxy) is 2. The van der Waals surface area contributed by atoms with Crippen molar-refractivity contribution in [1.82, 2.24) is 4.98 Å². The maximum absolute atomic E-state index is 6.11. The second-order valence-electron chi connectivity index (χ2n) is 4.59. The summed E-state index contributed by atoms with van der Waals surface area (Å²) in [7, 11) is 0. The Morgan fingerprint density at radius 3 is 3.17 bits per heavy atom. The third-order valence-electron chi connectivity index (χ3n) is 3.29. The minimum atomic E-state index is 0.481. The number of benzene rings is 1. The molecule has 4 heteroatoms. The van der Waals surface area contributed by atoms with E-state index in [1.807, 2.05) is 24.3 Å². The van der Waals surface area contributed by atoms with Gasteiger partial charge in [0.15, 0.2) is 0 Å². The zero-order valence-electron chi connectivity index (χ0n) is 10.1. The molecule has 1 aromatic heterocycles. The van der Waals surface area contributed by atoms with Crippen molar-refractivity contribution < 1.29 is 9.47 Å². The van der Waals surface area contributed by atoms with Crippen molar-refractivity contribution in [2.45, 2.75) is 6.42 Å². The van der Waals surface area contributed by atoms with Crippen LogP contribution in [0.3, 0.4) is 0 Å². The van der Waals surface area contributed by atoms with Gasteiger partial charge in [-0.1, -0.05) is 0 Å². The third kappa shape index (κ3) is 2.11. The number of nitrogens with zero attached hydrogens (tertiary/aromatic N) is 1. The zero-order valence-corrected chi connectivity index (χ0v) is 10.1. The minimum absolute atomic E-state index is 0.481. The molecule has 1 aliphatic heterocycles. The van der Waals surface area contributed by atoms with E-state index < -0.39 is 0 Å². The number of fused-ring (bicyclic) bond motifs is 1. The van der Waals surface area contributed by atoms with Crippen molar-refractivity contribution in [3.05, 3.63) is 30.5 Å². The standard InChI is InChI=1S/C14H16N2O2/c15-14-11-2-1-6-16-12(11)3-4-13(14)18-9-10-5-7-17-8-10/h1-4,6,10H,5,7-9,15H2. The quantitative estimate of drug-likeness (QED) is 0.841. The second kappa shape index (κ2) is 4.82. The van der Waals surface area contributed by atoms with Crippen LogP contribution in [0.2, 0.25) is 0 Å². The Balaban J connectivity index is 1.81. The molecule has 0 amide bonds. The molecule has 0 bridgehead atoms. The molecule has 1 fully saturated rings. The summed E-state index contributed by atoms with van der Waals surface area (Å²) in [6.45, 7) is 2.29. The van der Waals surface area contributed by atoms with Crippen LogP contribution in [-0.4, -0.2) is 24.8 Å². The molecule has 1 atom stereocenters. The average molecular weight is 244 g/mol. The lowest BCUT2D eigenvalue weighted by atomic mass is 10.1. The van der Waals surface area contributed by atoms with Crippen LogP contribution >= 0.6 is 0 Å². The van der Waals surface area contributed by atoms with Gasteiger partial charge in [0, 0.05) is 24.1 Å². The summed E-state index contributed by atoms with van der Waals surface area (Å²) in [6, 6.07) is 7.67. The SMILES string of the molecule is Nc1c(OCC2CCOC2)ccc2ncccc12. The Morgan fingerprint density at radius 1 is 1.39 bits per heavy atom. The van der Waals surface area contributed by atoms with Gasteiger partial charge in [-0.05, 0) is 30.7 Å². The Hall–Kier alpha value is -1.81. The van der Waals surface area contributed by atoms with E-state index in [-0.39, 0.29) is 0 Å². The molecule has 2 heterocycles. The highest BCUT2D eigenvalue weighted by atomic mass is 16.5. The van der Waals surface area contributed by atoms with Gasteiger partial charge in [0.1, 0.15) is 5.75 Å². The molecule has 0 radical (unpaired) electrons. The van der Waals surface area contributed by atoms with E-state index in [0.29, 0.717) is 18.2 Å². The van der Waals surface area contributed by atoms with Crippen molar-refractivity contribution in [3.63, 3.8) is 0 Å². The largest absolute Gasteiger partial charge is 0.491 e. The van der Waals surface area contributed by atoms with E-state index in [1.54, 1.807) is 6.20 Å². The summed E-state index contributed by atoms with van der Waals surface area (Å²) in [6.07, 6.45) is 2.83. The van der Waals surface area contributed by atoms with Crippen molar-refractivity contribution in [3.8, 4) is 5.75 Å². The molecule has 1 unspecified atom stereocenters. The Labute approximate surface area is 106 Å². The molecule has 3 rings (SSSR count). The summed E-state index contributed by atoms with van der Waals surface area (Å²) in [5.74, 6) is 1.22. The Bertz CT molecular complexity index is 550. The van der Waals surface area contributed by atoms with Gasteiger partial charge < -0.3 is 15.2 Å². The van der Waals surface area contributed by atoms with Gasteiger partial charge in [-0.2, -0.15) is 0 Å². The number of aromatic nitrogens is 1. The van der Waals surface area contributed by atoms with Crippen LogP contribution in [-0.2, 0) is 4.74 Å². The highest BCUT2D eigenvalue weighted by Crippen LogP contribution is 2.30. The van der Waals surface area contributed by atoms with E-state index in [1.165, 1.54) is 0 Å². The van der Waals surface area contributed by atoms with Crippen LogP contribution in [0.4, 0.5) is 5.69 Å². The lowest BCUT2D eigenvalue weighted by Crippen LogP contribution is -2.12. The summed E-state index contributed by atoms with van der Waals surface area (Å²) >= 11 is 0. The summed E-state index contributed by atoms with van der Waals surface area (Å²) < 4.78 is 11.1. The smallest absolute Gasteiger partial charge is 0.142 e. The molecule has 0 aliphatic carbocycles. The molecular formula is C14H16N2O2. The molecule has 1 aromatic carbocycles. The highest BCUT2D eigenvalue weighted by Gasteiger charge is 2.17. The molecule has 94 valence electrons. The van der Waals surface area contributed by atoms with E-state index >= 15 is 0 Å². The summed E-state index contributed by atoms with van der Waals surface area (Å²) in [5.41, 5.74) is 7.67. The van der Waals surface area contributed by atoms with E-state index in [0.717, 1.165) is 36.3 Å². The van der Waals surface area contributed by atoms with E-state index in [9.17, 15) is 0 Å². The molecule has 1 aliphatic rings. The second-order valence-corrected chi connectivity index (χ2v) is 4.59. The van der Waals surface area contributed by atoms with Gasteiger partial charge in [0.25, 0.3) is 0 Å². The molecular weight excluding hydrogens is 228 g/mol. The topological polar surface area (TPSA) is 57.4 Å². The number of nitrogen functional groups attached to an aromatic ring is 1. The fraction of sp³-hybridized carbons (Fsp3) is 0.357. The van der Waals surface area contributed by atoms with Crippen LogP contribution < -0.4 is 10.5 Å². The number of rotatable bonds is 3. The maximum atomic E-state index is 6.11. The first-order valence-corrected chi connectivity index (χ1v) is 6.18. The number of hydrogen-bond acceptors (Lipinski definition) is 4. The summed E-state index contributed by atoms with van der Waals surface area (Å²) in [4.78, 5) is 4.27. The first-order chi connectivity index (χ1) is 8.84. The minimum Gasteiger partial charge on any atom is -0.491 e. The molecule has 4 nitrogen and oxygen atoms in total. The number of anilines is 1. The third-order valence-corrected chi connectivity index (χ3v) is 3.29. The van der Waals surface area contributed by atoms with Crippen LogP contribution in [0.1, 0.15) is 6.42 Å². The van der Waals surface area contributed by atoms with Crippen LogP contribution in [0.25, 0.3) is 10.9 Å². The average Bonchev–Trinajstić information content (AvgIpc) is 2.91. The predicted molar refractivity (Wildman–Crippen MR) is 70.6 cm³/mol. The lowest BCUT2D eigenvalue weighted by Gasteiger charge is -2.13. The first-order valence-electron chi connectivity index (χ1n) is 6.18. The van der Waals surface area contributed by atoms with Crippen molar-refractivity contribution in [2.24, 2.45) is 5.92 Å². The molecule has 0 spiro atoms. The molecule has 1 saturated heterocycles. The van der Waals surface area contributed by atoms with Crippen molar-refractivity contribution in [2.75, 3.05) is 25.6 Å². The first kappa shape index (κ1) is 11.3. The Morgan fingerprint density at radius 2 is 2.33 bits per heavy atom. The van der Waals surface area contributed by atoms with E-state index in [4.69, 9.17) is 15.2 Å². The van der Waals surface area contributed by atoms with Gasteiger partial charge >= 0.3 is 0 Å². The van der Waals surface area contributed by atoms with Gasteiger partial charge in [0.05, 0.1) is 24.4 Å². The number of nitrogens with two attached hydrogens (primary N) is 1. The predicted octanol–water partition coefficient (Wildman–Crippen LogP) is 2.23.